The van der Waals surface area contributed by atoms with Crippen LogP contribution in [0, 0.1) is 0 Å². The highest BCUT2D eigenvalue weighted by molar-refractivity contribution is 5.83. The van der Waals surface area contributed by atoms with E-state index >= 15 is 0 Å². The maximum absolute atomic E-state index is 12.2. The lowest BCUT2D eigenvalue weighted by Crippen LogP contribution is -2.72. The van der Waals surface area contributed by atoms with E-state index < -0.39 is 11.0 Å². The van der Waals surface area contributed by atoms with Crippen molar-refractivity contribution in [1.29, 1.82) is 0 Å². The summed E-state index contributed by atoms with van der Waals surface area (Å²) in [6, 6.07) is 3.65. The number of aromatic hydroxyl groups is 1. The number of aliphatic hydroxyl groups is 1. The third kappa shape index (κ3) is 1.53. The molecule has 1 aromatic carbocycles. The van der Waals surface area contributed by atoms with Gasteiger partial charge >= 0.3 is 0 Å². The molecule has 118 valence electrons. The van der Waals surface area contributed by atoms with Crippen LogP contribution in [0.2, 0.25) is 0 Å². The van der Waals surface area contributed by atoms with Crippen molar-refractivity contribution in [1.82, 2.24) is 5.32 Å². The van der Waals surface area contributed by atoms with Gasteiger partial charge in [-0.25, -0.2) is 0 Å². The van der Waals surface area contributed by atoms with Crippen LogP contribution in [0.3, 0.4) is 0 Å². The summed E-state index contributed by atoms with van der Waals surface area (Å²) < 4.78 is 5.25. The molecule has 3 atom stereocenters. The van der Waals surface area contributed by atoms with E-state index in [1.807, 2.05) is 6.07 Å². The Kier molecular flexibility index (Phi) is 2.84. The van der Waals surface area contributed by atoms with Gasteiger partial charge < -0.3 is 20.3 Å². The second-order valence-corrected chi connectivity index (χ2v) is 6.83. The lowest BCUT2D eigenvalue weighted by atomic mass is 9.49. The van der Waals surface area contributed by atoms with Gasteiger partial charge in [-0.1, -0.05) is 6.07 Å². The Hall–Kier alpha value is -1.59. The molecule has 0 radical (unpaired) electrons. The molecule has 2 aliphatic carbocycles. The zero-order valence-electron chi connectivity index (χ0n) is 12.7. The summed E-state index contributed by atoms with van der Waals surface area (Å²) in [5.41, 5.74) is 0.0792. The van der Waals surface area contributed by atoms with Gasteiger partial charge in [-0.05, 0) is 37.4 Å². The fourth-order valence-corrected chi connectivity index (χ4v) is 4.96. The third-order valence-corrected chi connectivity index (χ3v) is 5.98. The van der Waals surface area contributed by atoms with Crippen molar-refractivity contribution in [3.05, 3.63) is 23.3 Å². The van der Waals surface area contributed by atoms with Gasteiger partial charge in [-0.3, -0.25) is 4.79 Å². The van der Waals surface area contributed by atoms with Crippen molar-refractivity contribution < 1.29 is 19.7 Å². The molecule has 1 aliphatic heterocycles. The van der Waals surface area contributed by atoms with Crippen molar-refractivity contribution in [2.24, 2.45) is 0 Å². The number of fused-ring (bicyclic) bond motifs is 1. The maximum Gasteiger partial charge on any atom is 0.161 e. The minimum Gasteiger partial charge on any atom is -0.504 e. The molecule has 3 N–H and O–H groups in total. The number of Topliss-reactive ketones (excluding diaryl/α,β-unsaturated/α-hetero) is 1. The second kappa shape index (κ2) is 4.46. The summed E-state index contributed by atoms with van der Waals surface area (Å²) in [7, 11) is 1.52. The predicted molar refractivity (Wildman–Crippen MR) is 80.3 cm³/mol. The number of ether oxygens (including phenoxy) is 1. The zero-order chi connectivity index (χ0) is 15.5. The van der Waals surface area contributed by atoms with Gasteiger partial charge in [0.1, 0.15) is 5.78 Å². The molecule has 0 aromatic heterocycles. The molecule has 5 heteroatoms. The molecule has 22 heavy (non-hydrogen) atoms. The second-order valence-electron chi connectivity index (χ2n) is 6.83. The van der Waals surface area contributed by atoms with Crippen LogP contribution in [0.15, 0.2) is 12.1 Å². The minimum atomic E-state index is -0.976. The van der Waals surface area contributed by atoms with E-state index in [2.05, 4.69) is 5.32 Å². The van der Waals surface area contributed by atoms with Gasteiger partial charge in [0.15, 0.2) is 11.5 Å². The van der Waals surface area contributed by atoms with Gasteiger partial charge in [0.05, 0.1) is 12.7 Å². The fraction of sp³-hybridized carbons (Fsp3) is 0.588. The highest BCUT2D eigenvalue weighted by Crippen LogP contribution is 2.58. The largest absolute Gasteiger partial charge is 0.504 e. The van der Waals surface area contributed by atoms with Crippen molar-refractivity contribution >= 4 is 5.78 Å². The highest BCUT2D eigenvalue weighted by Gasteiger charge is 2.63. The first-order valence-electron chi connectivity index (χ1n) is 7.88. The molecule has 1 saturated carbocycles. The van der Waals surface area contributed by atoms with Crippen LogP contribution in [0.1, 0.15) is 36.8 Å². The predicted octanol–water partition coefficient (Wildman–Crippen LogP) is 1.04. The van der Waals surface area contributed by atoms with Gasteiger partial charge in [0.2, 0.25) is 0 Å². The third-order valence-electron chi connectivity index (χ3n) is 5.98. The number of piperidine rings is 1. The number of rotatable bonds is 1. The molecule has 0 unspecified atom stereocenters. The molecular weight excluding hydrogens is 282 g/mol. The van der Waals surface area contributed by atoms with E-state index in [4.69, 9.17) is 4.74 Å². The SMILES string of the molecule is COc1ccc2c(c1O)[C@]13CCN[C@@H](C2)[C@]1(O)CCC(=O)C3. The summed E-state index contributed by atoms with van der Waals surface area (Å²) in [6.45, 7) is 0.746. The highest BCUT2D eigenvalue weighted by atomic mass is 16.5. The molecule has 3 aliphatic rings. The molecule has 4 rings (SSSR count). The maximum atomic E-state index is 12.2. The molecule has 1 aromatic rings. The number of carbonyl (C=O) groups excluding carboxylic acids is 1. The summed E-state index contributed by atoms with van der Waals surface area (Å²) in [5, 5.41) is 25.6. The lowest BCUT2D eigenvalue weighted by molar-refractivity contribution is -0.149. The summed E-state index contributed by atoms with van der Waals surface area (Å²) in [4.78, 5) is 12.2. The van der Waals surface area contributed by atoms with Gasteiger partial charge in [0.25, 0.3) is 0 Å². The molecule has 0 spiro atoms. The first kappa shape index (κ1) is 14.0. The normalized spacial score (nSPS) is 36.5. The van der Waals surface area contributed by atoms with E-state index in [1.165, 1.54) is 7.11 Å². The molecular formula is C17H21NO4. The monoisotopic (exact) mass is 303 g/mol. The Morgan fingerprint density at radius 3 is 2.95 bits per heavy atom. The average molecular weight is 303 g/mol. The van der Waals surface area contributed by atoms with Crippen molar-refractivity contribution in [3.63, 3.8) is 0 Å². The first-order chi connectivity index (χ1) is 10.5. The number of hydrogen-bond acceptors (Lipinski definition) is 5. The molecule has 1 heterocycles. The summed E-state index contributed by atoms with van der Waals surface area (Å²) >= 11 is 0. The van der Waals surface area contributed by atoms with Crippen LogP contribution in [0.4, 0.5) is 0 Å². The number of nitrogens with one attached hydrogen (secondary N) is 1. The quantitative estimate of drug-likeness (QED) is 0.722. The lowest BCUT2D eigenvalue weighted by Gasteiger charge is -2.60. The number of phenols is 1. The molecule has 5 nitrogen and oxygen atoms in total. The number of carbonyl (C=O) groups is 1. The Morgan fingerprint density at radius 2 is 2.18 bits per heavy atom. The minimum absolute atomic E-state index is 0.0605. The topological polar surface area (TPSA) is 78.8 Å². The van der Waals surface area contributed by atoms with Crippen LogP contribution >= 0.6 is 0 Å². The van der Waals surface area contributed by atoms with Gasteiger partial charge in [-0.2, -0.15) is 0 Å². The van der Waals surface area contributed by atoms with Crippen molar-refractivity contribution in [2.75, 3.05) is 13.7 Å². The Labute approximate surface area is 129 Å². The van der Waals surface area contributed by atoms with E-state index in [1.54, 1.807) is 6.07 Å². The van der Waals surface area contributed by atoms with Crippen LogP contribution in [0.25, 0.3) is 0 Å². The number of benzene rings is 1. The smallest absolute Gasteiger partial charge is 0.161 e. The number of ketones is 1. The van der Waals surface area contributed by atoms with E-state index in [0.717, 1.165) is 17.7 Å². The van der Waals surface area contributed by atoms with Crippen LogP contribution in [0.5, 0.6) is 11.5 Å². The zero-order valence-corrected chi connectivity index (χ0v) is 12.7. The Balaban J connectivity index is 2.00. The number of hydrogen-bond donors (Lipinski definition) is 3. The van der Waals surface area contributed by atoms with Crippen LogP contribution < -0.4 is 10.1 Å². The average Bonchev–Trinajstić information content (AvgIpc) is 2.47. The standard InChI is InChI=1S/C17H21NO4/c1-22-12-3-2-10-8-13-17(21)5-4-11(19)9-16(17,6-7-18-13)14(10)15(12)20/h2-3,13,18,20-21H,4-9H2,1H3/t13-,16+,17+/m0/s1. The number of methoxy groups -OCH3 is 1. The van der Waals surface area contributed by atoms with Gasteiger partial charge in [-0.15, -0.1) is 0 Å². The van der Waals surface area contributed by atoms with Gasteiger partial charge in [0, 0.05) is 29.9 Å². The molecule has 2 fully saturated rings. The number of phenolic OH excluding ortho intramolecular Hbond substituents is 1. The Morgan fingerprint density at radius 1 is 1.36 bits per heavy atom. The fourth-order valence-electron chi connectivity index (χ4n) is 4.96. The molecule has 0 amide bonds. The van der Waals surface area contributed by atoms with Crippen molar-refractivity contribution in [3.8, 4) is 11.5 Å². The molecule has 1 saturated heterocycles. The molecule has 2 bridgehead atoms. The van der Waals surface area contributed by atoms with E-state index in [0.29, 0.717) is 37.9 Å². The van der Waals surface area contributed by atoms with Crippen molar-refractivity contribution in [2.45, 2.75) is 49.2 Å². The van der Waals surface area contributed by atoms with Crippen LogP contribution in [-0.4, -0.2) is 41.3 Å². The van der Waals surface area contributed by atoms with Crippen LogP contribution in [-0.2, 0) is 16.6 Å². The summed E-state index contributed by atoms with van der Waals surface area (Å²) in [6.07, 6.45) is 2.49. The summed E-state index contributed by atoms with van der Waals surface area (Å²) in [5.74, 6) is 0.666. The van der Waals surface area contributed by atoms with E-state index in [-0.39, 0.29) is 17.6 Å². The Bertz CT molecular complexity index is 658. The first-order valence-corrected chi connectivity index (χ1v) is 7.88. The van der Waals surface area contributed by atoms with E-state index in [9.17, 15) is 15.0 Å².